The van der Waals surface area contributed by atoms with Gasteiger partial charge in [0, 0.05) is 13.7 Å². The Morgan fingerprint density at radius 3 is 2.87 bits per heavy atom. The lowest BCUT2D eigenvalue weighted by molar-refractivity contribution is 0.112. The zero-order valence-corrected chi connectivity index (χ0v) is 11.0. The second kappa shape index (κ2) is 6.25. The van der Waals surface area contributed by atoms with E-state index in [0.29, 0.717) is 6.61 Å². The number of hydrogen-bond donors (Lipinski definition) is 1. The average molecular weight is 276 g/mol. The fraction of sp³-hybridized carbons (Fsp3) is 0.700. The van der Waals surface area contributed by atoms with E-state index < -0.39 is 0 Å². The van der Waals surface area contributed by atoms with Crippen molar-refractivity contribution in [3.63, 3.8) is 0 Å². The number of rotatable bonds is 6. The summed E-state index contributed by atoms with van der Waals surface area (Å²) in [5.41, 5.74) is 1.12. The highest BCUT2D eigenvalue weighted by molar-refractivity contribution is 9.10. The van der Waals surface area contributed by atoms with Crippen LogP contribution in [-0.4, -0.2) is 30.0 Å². The highest BCUT2D eigenvalue weighted by Gasteiger charge is 2.16. The second-order valence-electron chi connectivity index (χ2n) is 3.42. The number of nitrogens with zero attached hydrogens (tertiary/aromatic N) is 2. The molecule has 0 aliphatic carbocycles. The minimum absolute atomic E-state index is 0.179. The van der Waals surface area contributed by atoms with E-state index in [9.17, 15) is 0 Å². The van der Waals surface area contributed by atoms with Crippen LogP contribution in [-0.2, 0) is 11.8 Å². The average Bonchev–Trinajstić information content (AvgIpc) is 2.55. The molecule has 0 aliphatic heterocycles. The maximum absolute atomic E-state index is 5.55. The molecule has 15 heavy (non-hydrogen) atoms. The van der Waals surface area contributed by atoms with Gasteiger partial charge < -0.3 is 10.1 Å². The molecule has 5 heteroatoms. The normalized spacial score (nSPS) is 13.1. The first-order valence-electron chi connectivity index (χ1n) is 5.13. The molecule has 1 aromatic rings. The van der Waals surface area contributed by atoms with Crippen LogP contribution in [0.15, 0.2) is 10.7 Å². The van der Waals surface area contributed by atoms with Crippen LogP contribution in [0.5, 0.6) is 0 Å². The summed E-state index contributed by atoms with van der Waals surface area (Å²) < 4.78 is 8.42. The monoisotopic (exact) mass is 275 g/mol. The molecule has 0 radical (unpaired) electrons. The van der Waals surface area contributed by atoms with Gasteiger partial charge in [-0.25, -0.2) is 0 Å². The molecule has 0 saturated heterocycles. The summed E-state index contributed by atoms with van der Waals surface area (Å²) in [6, 6.07) is 0.179. The third-order valence-electron chi connectivity index (χ3n) is 2.25. The van der Waals surface area contributed by atoms with Crippen molar-refractivity contribution in [3.8, 4) is 0 Å². The lowest BCUT2D eigenvalue weighted by Gasteiger charge is -2.17. The second-order valence-corrected chi connectivity index (χ2v) is 4.27. The Morgan fingerprint density at radius 1 is 1.67 bits per heavy atom. The highest BCUT2D eigenvalue weighted by atomic mass is 79.9. The van der Waals surface area contributed by atoms with Gasteiger partial charge in [-0.15, -0.1) is 0 Å². The molecule has 0 spiro atoms. The van der Waals surface area contributed by atoms with Crippen molar-refractivity contribution in [1.29, 1.82) is 0 Å². The van der Waals surface area contributed by atoms with Crippen LogP contribution in [0.1, 0.15) is 25.1 Å². The minimum atomic E-state index is 0.179. The first kappa shape index (κ1) is 12.7. The molecule has 1 heterocycles. The van der Waals surface area contributed by atoms with Gasteiger partial charge in [-0.3, -0.25) is 4.68 Å². The van der Waals surface area contributed by atoms with E-state index in [1.165, 1.54) is 0 Å². The van der Waals surface area contributed by atoms with Gasteiger partial charge in [0.25, 0.3) is 0 Å². The van der Waals surface area contributed by atoms with E-state index in [-0.39, 0.29) is 6.04 Å². The number of aryl methyl sites for hydroxylation is 1. The number of likely N-dealkylation sites (N-methyl/N-ethyl adjacent to an activating group) is 1. The summed E-state index contributed by atoms with van der Waals surface area (Å²) in [7, 11) is 3.86. The predicted molar refractivity (Wildman–Crippen MR) is 63.8 cm³/mol. The minimum Gasteiger partial charge on any atom is -0.379 e. The van der Waals surface area contributed by atoms with Crippen molar-refractivity contribution in [2.75, 3.05) is 20.3 Å². The van der Waals surface area contributed by atoms with Crippen LogP contribution in [0, 0.1) is 0 Å². The molecular formula is C10H18BrN3O. The smallest absolute Gasteiger partial charge is 0.0738 e. The molecular weight excluding hydrogens is 258 g/mol. The predicted octanol–water partition coefficient (Wildman–Crippen LogP) is 1.87. The Morgan fingerprint density at radius 2 is 2.40 bits per heavy atom. The van der Waals surface area contributed by atoms with Crippen LogP contribution < -0.4 is 5.32 Å². The molecule has 1 unspecified atom stereocenters. The molecule has 4 nitrogen and oxygen atoms in total. The Bertz CT molecular complexity index is 281. The zero-order chi connectivity index (χ0) is 11.3. The van der Waals surface area contributed by atoms with E-state index in [1.807, 2.05) is 18.8 Å². The van der Waals surface area contributed by atoms with Crippen LogP contribution in [0.4, 0.5) is 0 Å². The molecule has 86 valence electrons. The molecule has 0 amide bonds. The van der Waals surface area contributed by atoms with Gasteiger partial charge in [0.2, 0.25) is 0 Å². The van der Waals surface area contributed by atoms with Crippen LogP contribution >= 0.6 is 15.9 Å². The summed E-state index contributed by atoms with van der Waals surface area (Å²) in [5, 5.41) is 7.42. The number of hydrogen-bond acceptors (Lipinski definition) is 3. The molecule has 1 atom stereocenters. The topological polar surface area (TPSA) is 39.1 Å². The third kappa shape index (κ3) is 3.29. The van der Waals surface area contributed by atoms with Crippen molar-refractivity contribution < 1.29 is 4.74 Å². The SMILES string of the molecule is CCCOCC(NC)c1c(Br)cnn1C. The quantitative estimate of drug-likeness (QED) is 0.806. The van der Waals surface area contributed by atoms with E-state index in [4.69, 9.17) is 4.74 Å². The molecule has 1 N–H and O–H groups in total. The van der Waals surface area contributed by atoms with Gasteiger partial charge in [-0.1, -0.05) is 6.92 Å². The van der Waals surface area contributed by atoms with E-state index in [2.05, 4.69) is 33.3 Å². The van der Waals surface area contributed by atoms with Gasteiger partial charge in [0.1, 0.15) is 0 Å². The summed E-state index contributed by atoms with van der Waals surface area (Å²) in [5.74, 6) is 0. The largest absolute Gasteiger partial charge is 0.379 e. The van der Waals surface area contributed by atoms with Gasteiger partial charge in [-0.05, 0) is 29.4 Å². The number of ether oxygens (including phenoxy) is 1. The summed E-state index contributed by atoms with van der Waals surface area (Å²) in [4.78, 5) is 0. The maximum atomic E-state index is 5.55. The summed E-state index contributed by atoms with van der Waals surface area (Å²) in [6.07, 6.45) is 2.85. The van der Waals surface area contributed by atoms with E-state index in [0.717, 1.165) is 23.2 Å². The van der Waals surface area contributed by atoms with Crippen molar-refractivity contribution >= 4 is 15.9 Å². The molecule has 0 fully saturated rings. The Balaban J connectivity index is 2.65. The number of aromatic nitrogens is 2. The molecule has 0 bridgehead atoms. The van der Waals surface area contributed by atoms with E-state index in [1.54, 1.807) is 6.20 Å². The molecule has 1 aromatic heterocycles. The number of nitrogens with one attached hydrogen (secondary N) is 1. The summed E-state index contributed by atoms with van der Waals surface area (Å²) in [6.45, 7) is 3.57. The lowest BCUT2D eigenvalue weighted by atomic mass is 10.2. The van der Waals surface area contributed by atoms with E-state index >= 15 is 0 Å². The highest BCUT2D eigenvalue weighted by Crippen LogP contribution is 2.22. The Hall–Kier alpha value is -0.390. The first-order chi connectivity index (χ1) is 7.20. The molecule has 0 aromatic carbocycles. The first-order valence-corrected chi connectivity index (χ1v) is 5.92. The zero-order valence-electron chi connectivity index (χ0n) is 9.46. The summed E-state index contributed by atoms with van der Waals surface area (Å²) >= 11 is 3.49. The van der Waals surface area contributed by atoms with Gasteiger partial charge >= 0.3 is 0 Å². The molecule has 0 aliphatic rings. The third-order valence-corrected chi connectivity index (χ3v) is 2.86. The van der Waals surface area contributed by atoms with Gasteiger partial charge in [0.05, 0.1) is 29.0 Å². The molecule has 1 rings (SSSR count). The van der Waals surface area contributed by atoms with Crippen molar-refractivity contribution in [1.82, 2.24) is 15.1 Å². The van der Waals surface area contributed by atoms with Crippen LogP contribution in [0.2, 0.25) is 0 Å². The van der Waals surface area contributed by atoms with Gasteiger partial charge in [0.15, 0.2) is 0 Å². The van der Waals surface area contributed by atoms with Gasteiger partial charge in [-0.2, -0.15) is 5.10 Å². The van der Waals surface area contributed by atoms with Crippen LogP contribution in [0.3, 0.4) is 0 Å². The van der Waals surface area contributed by atoms with Crippen molar-refractivity contribution in [3.05, 3.63) is 16.4 Å². The fourth-order valence-corrected chi connectivity index (χ4v) is 2.08. The lowest BCUT2D eigenvalue weighted by Crippen LogP contribution is -2.24. The maximum Gasteiger partial charge on any atom is 0.0738 e. The van der Waals surface area contributed by atoms with Crippen molar-refractivity contribution in [2.24, 2.45) is 7.05 Å². The fourth-order valence-electron chi connectivity index (χ4n) is 1.46. The van der Waals surface area contributed by atoms with Crippen LogP contribution in [0.25, 0.3) is 0 Å². The number of halogens is 1. The van der Waals surface area contributed by atoms with Crippen molar-refractivity contribution in [2.45, 2.75) is 19.4 Å². The molecule has 0 saturated carbocycles. The standard InChI is InChI=1S/C10H18BrN3O/c1-4-5-15-7-9(12-2)10-8(11)6-13-14(10)3/h6,9,12H,4-5,7H2,1-3H3. The Labute approximate surface area is 99.1 Å². The Kier molecular flexibility index (Phi) is 5.28.